The van der Waals surface area contributed by atoms with Crippen molar-refractivity contribution >= 4 is 29.1 Å². The van der Waals surface area contributed by atoms with E-state index >= 15 is 0 Å². The predicted octanol–water partition coefficient (Wildman–Crippen LogP) is 3.73. The number of anilines is 1. The zero-order chi connectivity index (χ0) is 13.1. The first-order chi connectivity index (χ1) is 8.61. The number of thioether (sulfide) groups is 1. The van der Waals surface area contributed by atoms with Crippen molar-refractivity contribution in [3.05, 3.63) is 28.8 Å². The maximum absolute atomic E-state index is 9.58. The summed E-state index contributed by atoms with van der Waals surface area (Å²) >= 11 is 8.28. The Bertz CT molecular complexity index is 411. The van der Waals surface area contributed by atoms with Gasteiger partial charge in [-0.05, 0) is 31.0 Å². The molecule has 0 aromatic heterocycles. The van der Waals surface area contributed by atoms with Gasteiger partial charge in [-0.1, -0.05) is 24.6 Å². The monoisotopic (exact) mass is 285 g/mol. The van der Waals surface area contributed by atoms with Crippen molar-refractivity contribution in [3.8, 4) is 0 Å². The van der Waals surface area contributed by atoms with Crippen LogP contribution in [0.4, 0.5) is 5.69 Å². The quantitative estimate of drug-likeness (QED) is 0.915. The average Bonchev–Trinajstić information content (AvgIpc) is 2.38. The topological polar surface area (TPSA) is 23.5 Å². The summed E-state index contributed by atoms with van der Waals surface area (Å²) in [6.07, 6.45) is 0.701. The number of aliphatic hydroxyl groups excluding tert-OH is 1. The van der Waals surface area contributed by atoms with Gasteiger partial charge in [0.15, 0.2) is 0 Å². The summed E-state index contributed by atoms with van der Waals surface area (Å²) in [4.78, 5) is 2.39. The Hall–Kier alpha value is -0.380. The second-order valence-corrected chi connectivity index (χ2v) is 6.54. The van der Waals surface area contributed by atoms with Crippen molar-refractivity contribution in [1.82, 2.24) is 0 Å². The third-order valence-corrected chi connectivity index (χ3v) is 5.09. The molecule has 1 aliphatic heterocycles. The summed E-state index contributed by atoms with van der Waals surface area (Å²) in [7, 11) is 0. The lowest BCUT2D eigenvalue weighted by Gasteiger charge is -2.34. The molecule has 1 aliphatic rings. The van der Waals surface area contributed by atoms with Crippen molar-refractivity contribution in [2.45, 2.75) is 31.6 Å². The second-order valence-electron chi connectivity index (χ2n) is 4.73. The van der Waals surface area contributed by atoms with E-state index in [9.17, 15) is 5.11 Å². The zero-order valence-electron chi connectivity index (χ0n) is 10.9. The maximum atomic E-state index is 9.58. The van der Waals surface area contributed by atoms with Crippen LogP contribution in [0.5, 0.6) is 0 Å². The lowest BCUT2D eigenvalue weighted by Crippen LogP contribution is -2.37. The summed E-state index contributed by atoms with van der Waals surface area (Å²) in [6.45, 7) is 6.15. The van der Waals surface area contributed by atoms with Crippen molar-refractivity contribution in [2.24, 2.45) is 0 Å². The minimum atomic E-state index is -0.508. The normalized spacial score (nSPS) is 22.0. The van der Waals surface area contributed by atoms with Crippen LogP contribution in [-0.2, 0) is 0 Å². The van der Waals surface area contributed by atoms with E-state index in [1.807, 2.05) is 12.1 Å². The van der Waals surface area contributed by atoms with Crippen LogP contribution in [0.25, 0.3) is 0 Å². The van der Waals surface area contributed by atoms with E-state index in [0.29, 0.717) is 10.3 Å². The molecule has 0 bridgehead atoms. The highest BCUT2D eigenvalue weighted by molar-refractivity contribution is 8.00. The van der Waals surface area contributed by atoms with Crippen molar-refractivity contribution < 1.29 is 5.11 Å². The Morgan fingerprint density at radius 2 is 2.33 bits per heavy atom. The van der Waals surface area contributed by atoms with E-state index in [-0.39, 0.29) is 0 Å². The first kappa shape index (κ1) is 14.0. The van der Waals surface area contributed by atoms with Crippen molar-refractivity contribution in [3.63, 3.8) is 0 Å². The molecule has 0 amide bonds. The molecule has 1 N–H and O–H groups in total. The summed E-state index contributed by atoms with van der Waals surface area (Å²) in [5.41, 5.74) is 1.97. The zero-order valence-corrected chi connectivity index (χ0v) is 12.5. The first-order valence-electron chi connectivity index (χ1n) is 6.46. The molecule has 1 saturated heterocycles. The number of nitrogens with zero attached hydrogens (tertiary/aromatic N) is 1. The Kier molecular flexibility index (Phi) is 4.82. The fraction of sp³-hybridized carbons (Fsp3) is 0.571. The van der Waals surface area contributed by atoms with Crippen molar-refractivity contribution in [2.75, 3.05) is 23.7 Å². The van der Waals surface area contributed by atoms with E-state index in [1.54, 1.807) is 6.92 Å². The number of halogens is 1. The van der Waals surface area contributed by atoms with Gasteiger partial charge >= 0.3 is 0 Å². The van der Waals surface area contributed by atoms with Gasteiger partial charge in [0.05, 0.1) is 6.10 Å². The van der Waals surface area contributed by atoms with Crippen LogP contribution in [-0.4, -0.2) is 29.2 Å². The van der Waals surface area contributed by atoms with Crippen LogP contribution in [0.15, 0.2) is 18.2 Å². The van der Waals surface area contributed by atoms with Gasteiger partial charge in [-0.3, -0.25) is 0 Å². The third kappa shape index (κ3) is 3.14. The van der Waals surface area contributed by atoms with Crippen LogP contribution >= 0.6 is 23.4 Å². The van der Waals surface area contributed by atoms with Gasteiger partial charge < -0.3 is 10.0 Å². The second kappa shape index (κ2) is 6.18. The molecule has 100 valence electrons. The highest BCUT2D eigenvalue weighted by Crippen LogP contribution is 2.30. The molecule has 0 spiro atoms. The molecule has 2 unspecified atom stereocenters. The highest BCUT2D eigenvalue weighted by atomic mass is 35.5. The molecule has 18 heavy (non-hydrogen) atoms. The summed E-state index contributed by atoms with van der Waals surface area (Å²) in [5, 5.41) is 11.0. The van der Waals surface area contributed by atoms with Crippen LogP contribution in [0.1, 0.15) is 31.9 Å². The smallest absolute Gasteiger partial charge is 0.0776 e. The Balaban J connectivity index is 2.16. The van der Waals surface area contributed by atoms with Gasteiger partial charge in [-0.15, -0.1) is 0 Å². The number of hydrogen-bond donors (Lipinski definition) is 1. The molecule has 1 aromatic carbocycles. The highest BCUT2D eigenvalue weighted by Gasteiger charge is 2.20. The van der Waals surface area contributed by atoms with Crippen LogP contribution in [0.2, 0.25) is 5.02 Å². The van der Waals surface area contributed by atoms with Crippen LogP contribution in [0, 0.1) is 0 Å². The molecule has 1 heterocycles. The summed E-state index contributed by atoms with van der Waals surface area (Å²) < 4.78 is 0. The Morgan fingerprint density at radius 1 is 1.56 bits per heavy atom. The van der Waals surface area contributed by atoms with E-state index in [1.165, 1.54) is 17.9 Å². The minimum Gasteiger partial charge on any atom is -0.389 e. The molecule has 2 rings (SSSR count). The lowest BCUT2D eigenvalue weighted by molar-refractivity contribution is 0.199. The summed E-state index contributed by atoms with van der Waals surface area (Å²) in [6, 6.07) is 5.98. The van der Waals surface area contributed by atoms with Gasteiger partial charge in [-0.25, -0.2) is 0 Å². The maximum Gasteiger partial charge on any atom is 0.0776 e. The SMILES string of the molecule is CCC1CN(c2ccc(C(C)O)c(Cl)c2)CCS1. The number of benzene rings is 1. The first-order valence-corrected chi connectivity index (χ1v) is 7.88. The summed E-state index contributed by atoms with van der Waals surface area (Å²) in [5.74, 6) is 1.17. The minimum absolute atomic E-state index is 0.508. The fourth-order valence-corrected chi connectivity index (χ4v) is 3.77. The largest absolute Gasteiger partial charge is 0.389 e. The molecule has 2 nitrogen and oxygen atoms in total. The Labute approximate surface area is 118 Å². The molecule has 0 saturated carbocycles. The predicted molar refractivity (Wildman–Crippen MR) is 80.8 cm³/mol. The average molecular weight is 286 g/mol. The number of hydrogen-bond acceptors (Lipinski definition) is 3. The van der Waals surface area contributed by atoms with E-state index in [4.69, 9.17) is 11.6 Å². The fourth-order valence-electron chi connectivity index (χ4n) is 2.25. The molecular formula is C14H20ClNOS. The van der Waals surface area contributed by atoms with E-state index < -0.39 is 6.10 Å². The van der Waals surface area contributed by atoms with E-state index in [0.717, 1.165) is 18.7 Å². The molecule has 1 fully saturated rings. The molecule has 2 atom stereocenters. The standard InChI is InChI=1S/C14H20ClNOS/c1-3-12-9-16(6-7-18-12)11-4-5-13(10(2)17)14(15)8-11/h4-5,8,10,12,17H,3,6-7,9H2,1-2H3. The van der Waals surface area contributed by atoms with Crippen molar-refractivity contribution in [1.29, 1.82) is 0 Å². The molecule has 4 heteroatoms. The van der Waals surface area contributed by atoms with E-state index in [2.05, 4.69) is 29.7 Å². The van der Waals surface area contributed by atoms with Gasteiger partial charge in [0.2, 0.25) is 0 Å². The molecule has 1 aromatic rings. The lowest BCUT2D eigenvalue weighted by atomic mass is 10.1. The van der Waals surface area contributed by atoms with Gasteiger partial charge in [0.1, 0.15) is 0 Å². The third-order valence-electron chi connectivity index (χ3n) is 3.39. The van der Waals surface area contributed by atoms with Gasteiger partial charge in [-0.2, -0.15) is 11.8 Å². The molecule has 0 aliphatic carbocycles. The number of rotatable bonds is 3. The number of aliphatic hydroxyl groups is 1. The van der Waals surface area contributed by atoms with Crippen LogP contribution in [0.3, 0.4) is 0 Å². The Morgan fingerprint density at radius 3 is 2.94 bits per heavy atom. The molecular weight excluding hydrogens is 266 g/mol. The van der Waals surface area contributed by atoms with Gasteiger partial charge in [0.25, 0.3) is 0 Å². The van der Waals surface area contributed by atoms with Crippen LogP contribution < -0.4 is 4.90 Å². The molecule has 0 radical (unpaired) electrons. The van der Waals surface area contributed by atoms with Gasteiger partial charge in [0, 0.05) is 34.8 Å².